The van der Waals surface area contributed by atoms with Gasteiger partial charge in [-0.2, -0.15) is 0 Å². The van der Waals surface area contributed by atoms with Crippen LogP contribution in [0.4, 0.5) is 5.69 Å². The van der Waals surface area contributed by atoms with Gasteiger partial charge in [0.15, 0.2) is 0 Å². The largest absolute Gasteiger partial charge is 0.494 e. The highest BCUT2D eigenvalue weighted by Gasteiger charge is 2.20. The minimum absolute atomic E-state index is 0.222. The van der Waals surface area contributed by atoms with Gasteiger partial charge in [0.05, 0.1) is 18.6 Å². The van der Waals surface area contributed by atoms with Crippen molar-refractivity contribution in [2.75, 3.05) is 30.3 Å². The second-order valence-corrected chi connectivity index (χ2v) is 7.58. The van der Waals surface area contributed by atoms with Crippen molar-refractivity contribution in [3.05, 3.63) is 24.3 Å². The number of nitrogens with zero attached hydrogens (tertiary/aromatic N) is 1. The van der Waals surface area contributed by atoms with Crippen molar-refractivity contribution < 1.29 is 17.9 Å². The molecule has 0 atom stereocenters. The van der Waals surface area contributed by atoms with E-state index in [0.717, 1.165) is 36.2 Å². The highest BCUT2D eigenvalue weighted by atomic mass is 32.2. The fraction of sp³-hybridized carbons (Fsp3) is 0.588. The number of anilines is 1. The second kappa shape index (κ2) is 10.2. The molecule has 1 rings (SSSR count). The number of amides is 1. The minimum Gasteiger partial charge on any atom is -0.494 e. The first-order valence-electron chi connectivity index (χ1n) is 8.35. The average molecular weight is 356 g/mol. The zero-order valence-corrected chi connectivity index (χ0v) is 15.6. The van der Waals surface area contributed by atoms with E-state index >= 15 is 0 Å². The zero-order valence-electron chi connectivity index (χ0n) is 14.7. The number of hydrogen-bond donors (Lipinski definition) is 1. The van der Waals surface area contributed by atoms with E-state index in [1.807, 2.05) is 6.92 Å². The summed E-state index contributed by atoms with van der Waals surface area (Å²) in [6.45, 7) is 5.05. The number of nitrogens with one attached hydrogen (secondary N) is 1. The normalized spacial score (nSPS) is 11.1. The quantitative estimate of drug-likeness (QED) is 0.618. The van der Waals surface area contributed by atoms with Gasteiger partial charge in [0.2, 0.25) is 15.9 Å². The molecule has 0 unspecified atom stereocenters. The van der Waals surface area contributed by atoms with E-state index in [1.165, 1.54) is 0 Å². The number of ether oxygens (including phenoxy) is 1. The van der Waals surface area contributed by atoms with Crippen LogP contribution in [-0.2, 0) is 14.8 Å². The summed E-state index contributed by atoms with van der Waals surface area (Å²) in [5.41, 5.74) is 0.449. The Hall–Kier alpha value is -1.76. The molecule has 0 aliphatic carbocycles. The molecular formula is C17H28N2O4S. The van der Waals surface area contributed by atoms with E-state index in [0.29, 0.717) is 24.6 Å². The second-order valence-electron chi connectivity index (χ2n) is 5.67. The van der Waals surface area contributed by atoms with E-state index in [4.69, 9.17) is 4.74 Å². The number of benzene rings is 1. The molecule has 0 saturated heterocycles. The van der Waals surface area contributed by atoms with Gasteiger partial charge in [0.1, 0.15) is 12.3 Å². The summed E-state index contributed by atoms with van der Waals surface area (Å²) >= 11 is 0. The third kappa shape index (κ3) is 7.21. The lowest BCUT2D eigenvalue weighted by Gasteiger charge is -2.22. The van der Waals surface area contributed by atoms with Crippen LogP contribution < -0.4 is 14.4 Å². The molecule has 1 amide bonds. The predicted octanol–water partition coefficient (Wildman–Crippen LogP) is 2.55. The number of rotatable bonds is 11. The Balaban J connectivity index is 2.74. The van der Waals surface area contributed by atoms with Crippen LogP contribution in [0.1, 0.15) is 39.5 Å². The van der Waals surface area contributed by atoms with Crippen LogP contribution in [0.15, 0.2) is 24.3 Å². The third-order valence-corrected chi connectivity index (χ3v) is 4.53. The molecule has 0 aliphatic rings. The Labute approximate surface area is 145 Å². The molecule has 1 aromatic rings. The van der Waals surface area contributed by atoms with Crippen LogP contribution in [-0.4, -0.2) is 40.3 Å². The summed E-state index contributed by atoms with van der Waals surface area (Å²) in [5.74, 6) is 0.376. The van der Waals surface area contributed by atoms with Crippen molar-refractivity contribution in [3.8, 4) is 5.75 Å². The lowest BCUT2D eigenvalue weighted by molar-refractivity contribution is -0.119. The number of unbranched alkanes of at least 4 members (excludes halogenated alkanes) is 2. The van der Waals surface area contributed by atoms with Crippen molar-refractivity contribution in [1.29, 1.82) is 0 Å². The number of hydrogen-bond acceptors (Lipinski definition) is 4. The lowest BCUT2D eigenvalue weighted by atomic mass is 10.2. The smallest absolute Gasteiger partial charge is 0.240 e. The van der Waals surface area contributed by atoms with Crippen molar-refractivity contribution in [3.63, 3.8) is 0 Å². The van der Waals surface area contributed by atoms with Crippen molar-refractivity contribution in [2.45, 2.75) is 39.5 Å². The van der Waals surface area contributed by atoms with Crippen LogP contribution >= 0.6 is 0 Å². The third-order valence-electron chi connectivity index (χ3n) is 3.39. The molecule has 0 aromatic heterocycles. The first-order chi connectivity index (χ1) is 11.4. The van der Waals surface area contributed by atoms with Gasteiger partial charge in [0.25, 0.3) is 0 Å². The van der Waals surface area contributed by atoms with E-state index in [-0.39, 0.29) is 12.5 Å². The molecule has 1 aromatic carbocycles. The molecule has 0 saturated carbocycles. The standard InChI is InChI=1S/C17H28N2O4S/c1-4-6-7-12-18-17(20)14-19(24(3,21)22)15-8-10-16(11-9-15)23-13-5-2/h8-11H,4-7,12-14H2,1-3H3,(H,18,20). The fourth-order valence-corrected chi connectivity index (χ4v) is 2.97. The fourth-order valence-electron chi connectivity index (χ4n) is 2.12. The molecule has 6 nitrogen and oxygen atoms in total. The topological polar surface area (TPSA) is 75.7 Å². The minimum atomic E-state index is -3.55. The average Bonchev–Trinajstić information content (AvgIpc) is 2.54. The summed E-state index contributed by atoms with van der Waals surface area (Å²) in [6, 6.07) is 6.72. The van der Waals surface area contributed by atoms with Gasteiger partial charge < -0.3 is 10.1 Å². The molecule has 0 aliphatic heterocycles. The lowest BCUT2D eigenvalue weighted by Crippen LogP contribution is -2.40. The van der Waals surface area contributed by atoms with Crippen molar-refractivity contribution in [1.82, 2.24) is 5.32 Å². The Morgan fingerprint density at radius 2 is 1.79 bits per heavy atom. The van der Waals surface area contributed by atoms with Gasteiger partial charge in [-0.25, -0.2) is 8.42 Å². The number of sulfonamides is 1. The molecule has 0 fully saturated rings. The molecule has 0 spiro atoms. The van der Waals surface area contributed by atoms with Gasteiger partial charge in [-0.15, -0.1) is 0 Å². The Morgan fingerprint density at radius 1 is 1.12 bits per heavy atom. The van der Waals surface area contributed by atoms with Gasteiger partial charge in [-0.1, -0.05) is 26.7 Å². The monoisotopic (exact) mass is 356 g/mol. The summed E-state index contributed by atoms with van der Waals surface area (Å²) in [6.07, 6.45) is 4.99. The van der Waals surface area contributed by atoms with Crippen LogP contribution in [0.2, 0.25) is 0 Å². The van der Waals surface area contributed by atoms with Gasteiger partial charge in [-0.3, -0.25) is 9.10 Å². The Morgan fingerprint density at radius 3 is 2.33 bits per heavy atom. The van der Waals surface area contributed by atoms with E-state index in [9.17, 15) is 13.2 Å². The maximum Gasteiger partial charge on any atom is 0.240 e. The van der Waals surface area contributed by atoms with E-state index in [2.05, 4.69) is 12.2 Å². The van der Waals surface area contributed by atoms with Crippen molar-refractivity contribution >= 4 is 21.6 Å². The van der Waals surface area contributed by atoms with Crippen LogP contribution in [0.5, 0.6) is 5.75 Å². The van der Waals surface area contributed by atoms with Crippen LogP contribution in [0, 0.1) is 0 Å². The van der Waals surface area contributed by atoms with Gasteiger partial charge in [0, 0.05) is 6.54 Å². The summed E-state index contributed by atoms with van der Waals surface area (Å²) in [7, 11) is -3.55. The molecule has 7 heteroatoms. The number of carbonyl (C=O) groups is 1. The van der Waals surface area contributed by atoms with Gasteiger partial charge >= 0.3 is 0 Å². The molecular weight excluding hydrogens is 328 g/mol. The first kappa shape index (κ1) is 20.3. The Kier molecular flexibility index (Phi) is 8.60. The number of carbonyl (C=O) groups excluding carboxylic acids is 1. The SMILES string of the molecule is CCCCCNC(=O)CN(c1ccc(OCCC)cc1)S(C)(=O)=O. The molecule has 136 valence electrons. The maximum absolute atomic E-state index is 12.0. The maximum atomic E-state index is 12.0. The van der Waals surface area contributed by atoms with Gasteiger partial charge in [-0.05, 0) is 37.1 Å². The van der Waals surface area contributed by atoms with Crippen LogP contribution in [0.3, 0.4) is 0 Å². The molecule has 24 heavy (non-hydrogen) atoms. The van der Waals surface area contributed by atoms with E-state index in [1.54, 1.807) is 24.3 Å². The highest BCUT2D eigenvalue weighted by molar-refractivity contribution is 7.92. The summed E-state index contributed by atoms with van der Waals surface area (Å²) in [4.78, 5) is 12.0. The molecule has 1 N–H and O–H groups in total. The van der Waals surface area contributed by atoms with E-state index < -0.39 is 10.0 Å². The summed E-state index contributed by atoms with van der Waals surface area (Å²) in [5, 5.41) is 2.76. The zero-order chi connectivity index (χ0) is 18.0. The summed E-state index contributed by atoms with van der Waals surface area (Å²) < 4.78 is 30.6. The molecule has 0 bridgehead atoms. The predicted molar refractivity (Wildman–Crippen MR) is 97.0 cm³/mol. The van der Waals surface area contributed by atoms with Crippen molar-refractivity contribution in [2.24, 2.45) is 0 Å². The molecule has 0 radical (unpaired) electrons. The molecule has 0 heterocycles. The first-order valence-corrected chi connectivity index (χ1v) is 10.2. The van der Waals surface area contributed by atoms with Crippen LogP contribution in [0.25, 0.3) is 0 Å². The Bertz CT molecular complexity index is 600. The highest BCUT2D eigenvalue weighted by Crippen LogP contribution is 2.21.